The Hall–Kier alpha value is -3.35. The largest absolute Gasteiger partial charge is 0.479 e. The van der Waals surface area contributed by atoms with Crippen molar-refractivity contribution in [3.05, 3.63) is 59.7 Å². The van der Waals surface area contributed by atoms with E-state index >= 15 is 0 Å². The van der Waals surface area contributed by atoms with Crippen LogP contribution < -0.4 is 5.32 Å². The lowest BCUT2D eigenvalue weighted by atomic mass is 9.80. The Morgan fingerprint density at radius 3 is 2.06 bits per heavy atom. The van der Waals surface area contributed by atoms with Crippen molar-refractivity contribution >= 4 is 18.0 Å². The average Bonchev–Trinajstić information content (AvgIpc) is 3.19. The Labute approximate surface area is 206 Å². The number of nitrogens with zero attached hydrogens (tertiary/aromatic N) is 1. The quantitative estimate of drug-likeness (QED) is 0.596. The van der Waals surface area contributed by atoms with E-state index < -0.39 is 29.6 Å². The predicted octanol–water partition coefficient (Wildman–Crippen LogP) is 4.80. The lowest BCUT2D eigenvalue weighted by molar-refractivity contribution is -0.161. The van der Waals surface area contributed by atoms with Crippen molar-refractivity contribution < 1.29 is 24.2 Å². The van der Waals surface area contributed by atoms with Crippen LogP contribution in [0, 0.1) is 5.92 Å². The molecular weight excluding hydrogens is 444 g/mol. The van der Waals surface area contributed by atoms with E-state index in [1.54, 1.807) is 0 Å². The van der Waals surface area contributed by atoms with Gasteiger partial charge in [0.2, 0.25) is 5.91 Å². The molecular formula is C28H34N2O5. The minimum absolute atomic E-state index is 0.0819. The van der Waals surface area contributed by atoms with Crippen LogP contribution in [0.15, 0.2) is 48.5 Å². The van der Waals surface area contributed by atoms with Crippen molar-refractivity contribution in [2.45, 2.75) is 63.5 Å². The van der Waals surface area contributed by atoms with Gasteiger partial charge in [-0.3, -0.25) is 4.79 Å². The van der Waals surface area contributed by atoms with Gasteiger partial charge in [-0.25, -0.2) is 9.59 Å². The fourth-order valence-electron chi connectivity index (χ4n) is 5.53. The number of fused-ring (bicyclic) bond motifs is 3. The fraction of sp³-hybridized carbons (Fsp3) is 0.464. The number of carboxylic acid groups (broad SMARTS) is 1. The molecule has 2 amide bonds. The van der Waals surface area contributed by atoms with Crippen LogP contribution in [0.4, 0.5) is 4.79 Å². The number of amides is 2. The van der Waals surface area contributed by atoms with Crippen molar-refractivity contribution in [2.75, 3.05) is 13.7 Å². The Balaban J connectivity index is 1.45. The van der Waals surface area contributed by atoms with Gasteiger partial charge < -0.3 is 20.1 Å². The molecule has 0 bridgehead atoms. The summed E-state index contributed by atoms with van der Waals surface area (Å²) in [7, 11) is 1.54. The maximum Gasteiger partial charge on any atom is 0.407 e. The van der Waals surface area contributed by atoms with Crippen LogP contribution in [-0.4, -0.2) is 53.2 Å². The molecule has 0 heterocycles. The summed E-state index contributed by atoms with van der Waals surface area (Å²) < 4.78 is 5.63. The molecule has 2 aliphatic rings. The number of aliphatic carboxylic acids is 1. The highest BCUT2D eigenvalue weighted by molar-refractivity contribution is 5.91. The molecule has 2 aliphatic carbocycles. The first kappa shape index (κ1) is 24.8. The molecule has 35 heavy (non-hydrogen) atoms. The molecule has 1 fully saturated rings. The van der Waals surface area contributed by atoms with Gasteiger partial charge >= 0.3 is 12.1 Å². The molecule has 0 radical (unpaired) electrons. The number of hydrogen-bond donors (Lipinski definition) is 2. The minimum Gasteiger partial charge on any atom is -0.479 e. The first-order valence-electron chi connectivity index (χ1n) is 12.4. The summed E-state index contributed by atoms with van der Waals surface area (Å²) >= 11 is 0. The molecule has 2 aromatic rings. The fourth-order valence-corrected chi connectivity index (χ4v) is 5.53. The lowest BCUT2D eigenvalue weighted by Gasteiger charge is -2.42. The van der Waals surface area contributed by atoms with E-state index in [0.29, 0.717) is 12.8 Å². The summed E-state index contributed by atoms with van der Waals surface area (Å²) in [6, 6.07) is 15.3. The van der Waals surface area contributed by atoms with E-state index in [0.717, 1.165) is 41.5 Å². The van der Waals surface area contributed by atoms with Crippen molar-refractivity contribution in [1.82, 2.24) is 10.2 Å². The predicted molar refractivity (Wildman–Crippen MR) is 133 cm³/mol. The number of alkyl carbamates (subject to hydrolysis) is 1. The number of nitrogens with one attached hydrogen (secondary N) is 1. The van der Waals surface area contributed by atoms with Crippen molar-refractivity contribution in [3.8, 4) is 11.1 Å². The third-order valence-corrected chi connectivity index (χ3v) is 7.60. The van der Waals surface area contributed by atoms with Gasteiger partial charge in [0, 0.05) is 13.0 Å². The number of carbonyl (C=O) groups is 3. The van der Waals surface area contributed by atoms with Crippen LogP contribution >= 0.6 is 0 Å². The van der Waals surface area contributed by atoms with Crippen LogP contribution in [0.25, 0.3) is 11.1 Å². The minimum atomic E-state index is -1.23. The highest BCUT2D eigenvalue weighted by atomic mass is 16.5. The van der Waals surface area contributed by atoms with Gasteiger partial charge in [0.25, 0.3) is 0 Å². The maximum absolute atomic E-state index is 13.4. The van der Waals surface area contributed by atoms with Gasteiger partial charge in [-0.05, 0) is 41.0 Å². The molecule has 7 nitrogen and oxygen atoms in total. The zero-order valence-corrected chi connectivity index (χ0v) is 20.6. The highest BCUT2D eigenvalue weighted by Crippen LogP contribution is 2.44. The highest BCUT2D eigenvalue weighted by Gasteiger charge is 2.47. The third kappa shape index (κ3) is 4.64. The van der Waals surface area contributed by atoms with Gasteiger partial charge in [0.15, 0.2) is 0 Å². The second-order valence-electron chi connectivity index (χ2n) is 9.99. The Kier molecular flexibility index (Phi) is 7.15. The zero-order valence-electron chi connectivity index (χ0n) is 20.6. The lowest BCUT2D eigenvalue weighted by Crippen LogP contribution is -2.61. The molecule has 2 aromatic carbocycles. The second kappa shape index (κ2) is 10.1. The van der Waals surface area contributed by atoms with Crippen molar-refractivity contribution in [1.29, 1.82) is 0 Å². The number of carbonyl (C=O) groups excluding carboxylic acids is 2. The molecule has 4 rings (SSSR count). The normalized spacial score (nSPS) is 17.3. The van der Waals surface area contributed by atoms with E-state index in [2.05, 4.69) is 17.4 Å². The number of benzene rings is 2. The number of carboxylic acids is 1. The molecule has 0 saturated heterocycles. The van der Waals surface area contributed by atoms with E-state index in [-0.39, 0.29) is 18.4 Å². The zero-order chi connectivity index (χ0) is 25.2. The van der Waals surface area contributed by atoms with Gasteiger partial charge in [0.1, 0.15) is 18.2 Å². The Bertz CT molecular complexity index is 1060. The summed E-state index contributed by atoms with van der Waals surface area (Å²) in [5, 5.41) is 12.7. The number of ether oxygens (including phenoxy) is 1. The van der Waals surface area contributed by atoms with Crippen LogP contribution in [0.2, 0.25) is 0 Å². The molecule has 0 aromatic heterocycles. The van der Waals surface area contributed by atoms with Crippen molar-refractivity contribution in [3.63, 3.8) is 0 Å². The molecule has 2 N–H and O–H groups in total. The summed E-state index contributed by atoms with van der Waals surface area (Å²) in [6.07, 6.45) is 2.63. The summed E-state index contributed by atoms with van der Waals surface area (Å²) in [5.41, 5.74) is 3.27. The first-order valence-corrected chi connectivity index (χ1v) is 12.4. The molecule has 1 saturated carbocycles. The molecule has 1 atom stereocenters. The van der Waals surface area contributed by atoms with Gasteiger partial charge in [-0.2, -0.15) is 0 Å². The molecule has 7 heteroatoms. The number of likely N-dealkylation sites (N-methyl/N-ethyl adjacent to an activating group) is 1. The van der Waals surface area contributed by atoms with E-state index in [9.17, 15) is 19.5 Å². The standard InChI is InChI=1S/C28H34N2O5/c1-18(2)24(25(31)30(3)28(26(32)33)15-9-4-10-16-28)29-27(34)35-17-23-21-13-7-5-11-19(21)20-12-6-8-14-22(20)23/h5-8,11-14,18,23-24H,4,9-10,15-17H2,1-3H3,(H,29,34)(H,32,33). The summed E-state index contributed by atoms with van der Waals surface area (Å²) in [6.45, 7) is 3.80. The Morgan fingerprint density at radius 2 is 1.54 bits per heavy atom. The monoisotopic (exact) mass is 478 g/mol. The van der Waals surface area contributed by atoms with Crippen LogP contribution in [0.5, 0.6) is 0 Å². The topological polar surface area (TPSA) is 95.9 Å². The van der Waals surface area contributed by atoms with Crippen LogP contribution in [-0.2, 0) is 14.3 Å². The molecule has 186 valence electrons. The summed E-state index contributed by atoms with van der Waals surface area (Å²) in [5.74, 6) is -1.71. The third-order valence-electron chi connectivity index (χ3n) is 7.60. The van der Waals surface area contributed by atoms with Gasteiger partial charge in [0.05, 0.1) is 0 Å². The molecule has 0 aliphatic heterocycles. The molecule has 0 spiro atoms. The summed E-state index contributed by atoms with van der Waals surface area (Å²) in [4.78, 5) is 39.8. The molecule has 1 unspecified atom stereocenters. The van der Waals surface area contributed by atoms with Gasteiger partial charge in [-0.1, -0.05) is 81.6 Å². The van der Waals surface area contributed by atoms with E-state index in [1.807, 2.05) is 50.2 Å². The smallest absolute Gasteiger partial charge is 0.407 e. The van der Waals surface area contributed by atoms with Crippen molar-refractivity contribution in [2.24, 2.45) is 5.92 Å². The first-order chi connectivity index (χ1) is 16.8. The second-order valence-corrected chi connectivity index (χ2v) is 9.99. The SMILES string of the molecule is CC(C)C(NC(=O)OCC1c2ccccc2-c2ccccc21)C(=O)N(C)C1(C(=O)O)CCCCC1. The van der Waals surface area contributed by atoms with Crippen LogP contribution in [0.1, 0.15) is 63.0 Å². The number of hydrogen-bond acceptors (Lipinski definition) is 4. The van der Waals surface area contributed by atoms with Crippen LogP contribution in [0.3, 0.4) is 0 Å². The number of rotatable bonds is 7. The van der Waals surface area contributed by atoms with E-state index in [1.165, 1.54) is 11.9 Å². The van der Waals surface area contributed by atoms with Gasteiger partial charge in [-0.15, -0.1) is 0 Å². The maximum atomic E-state index is 13.4. The average molecular weight is 479 g/mol. The van der Waals surface area contributed by atoms with E-state index in [4.69, 9.17) is 4.74 Å². The Morgan fingerprint density at radius 1 is 1.00 bits per heavy atom.